The van der Waals surface area contributed by atoms with Crippen LogP contribution in [0.1, 0.15) is 36.8 Å². The first-order valence-corrected chi connectivity index (χ1v) is 11.2. The minimum atomic E-state index is -4.02. The minimum absolute atomic E-state index is 0.0677. The number of hydrogen-bond donors (Lipinski definition) is 0. The molecule has 0 aliphatic carbocycles. The molecule has 1 aromatic rings. The van der Waals surface area contributed by atoms with Gasteiger partial charge in [-0.15, -0.1) is 0 Å². The van der Waals surface area contributed by atoms with Crippen molar-refractivity contribution < 1.29 is 41.2 Å². The summed E-state index contributed by atoms with van der Waals surface area (Å²) < 4.78 is 44.6. The number of Topliss-reactive ketones (excluding diaryl/α,β-unsaturated/α-hetero) is 1. The highest BCUT2D eigenvalue weighted by molar-refractivity contribution is 7.86. The summed E-state index contributed by atoms with van der Waals surface area (Å²) >= 11 is 0. The Balaban J connectivity index is 1.80. The van der Waals surface area contributed by atoms with Gasteiger partial charge in [0.15, 0.2) is 11.5 Å². The third kappa shape index (κ3) is 3.99. The summed E-state index contributed by atoms with van der Waals surface area (Å²) in [5, 5.41) is 0. The predicted octanol–water partition coefficient (Wildman–Crippen LogP) is 0.480. The van der Waals surface area contributed by atoms with Gasteiger partial charge in [0.25, 0.3) is 16.0 Å². The van der Waals surface area contributed by atoms with Crippen LogP contribution in [0.25, 0.3) is 0 Å². The molecule has 0 spiro atoms. The van der Waals surface area contributed by atoms with E-state index in [2.05, 4.69) is 0 Å². The summed E-state index contributed by atoms with van der Waals surface area (Å²) in [5.74, 6) is -1.24. The molecule has 30 heavy (non-hydrogen) atoms. The maximum absolute atomic E-state index is 13.2. The Labute approximate surface area is 173 Å². The van der Waals surface area contributed by atoms with E-state index < -0.39 is 46.5 Å². The van der Waals surface area contributed by atoms with Crippen molar-refractivity contribution >= 4 is 27.8 Å². The number of ketones is 1. The molecule has 3 atom stereocenters. The molecule has 3 aliphatic rings. The van der Waals surface area contributed by atoms with Crippen LogP contribution < -0.4 is 9.47 Å². The molecule has 3 aliphatic heterocycles. The van der Waals surface area contributed by atoms with Gasteiger partial charge in [-0.05, 0) is 29.7 Å². The zero-order valence-electron chi connectivity index (χ0n) is 16.5. The van der Waals surface area contributed by atoms with Crippen molar-refractivity contribution in [3.63, 3.8) is 0 Å². The molecule has 1 aromatic carbocycles. The lowest BCUT2D eigenvalue weighted by Gasteiger charge is -2.30. The fourth-order valence-electron chi connectivity index (χ4n) is 4.11. The number of nitrogens with zero attached hydrogens (tertiary/aromatic N) is 1. The van der Waals surface area contributed by atoms with Gasteiger partial charge in [-0.1, -0.05) is 0 Å². The van der Waals surface area contributed by atoms with Gasteiger partial charge in [-0.2, -0.15) is 8.42 Å². The lowest BCUT2D eigenvalue weighted by atomic mass is 9.86. The van der Waals surface area contributed by atoms with Crippen LogP contribution in [0, 0.1) is 0 Å². The quantitative estimate of drug-likeness (QED) is 0.488. The number of esters is 1. The monoisotopic (exact) mass is 439 g/mol. The molecular formula is C19H21NO9S. The number of rotatable bonds is 3. The highest BCUT2D eigenvalue weighted by atomic mass is 32.2. The molecule has 0 unspecified atom stereocenters. The molecule has 2 bridgehead atoms. The SMILES string of the molecule is CC(=O)O[C@@H]1C(=O)N2CC[C@@H](C(=O)C[C@H]1OS(C)(=O)=O)c1cc3c(cc1C2)OCO3. The maximum atomic E-state index is 13.2. The Morgan fingerprint density at radius 3 is 2.57 bits per heavy atom. The van der Waals surface area contributed by atoms with Crippen LogP contribution in [0.15, 0.2) is 12.1 Å². The van der Waals surface area contributed by atoms with E-state index >= 15 is 0 Å². The van der Waals surface area contributed by atoms with Crippen LogP contribution in [0.5, 0.6) is 11.5 Å². The zero-order chi connectivity index (χ0) is 21.6. The lowest BCUT2D eigenvalue weighted by Crippen LogP contribution is -2.48. The summed E-state index contributed by atoms with van der Waals surface area (Å²) in [6, 6.07) is 3.49. The number of carbonyl (C=O) groups is 3. The van der Waals surface area contributed by atoms with Crippen molar-refractivity contribution in [1.29, 1.82) is 0 Å². The van der Waals surface area contributed by atoms with E-state index in [0.29, 0.717) is 23.5 Å². The van der Waals surface area contributed by atoms with E-state index in [9.17, 15) is 22.8 Å². The summed E-state index contributed by atoms with van der Waals surface area (Å²) in [7, 11) is -4.02. The fourth-order valence-corrected chi connectivity index (χ4v) is 4.73. The summed E-state index contributed by atoms with van der Waals surface area (Å²) in [4.78, 5) is 39.5. The van der Waals surface area contributed by atoms with Crippen molar-refractivity contribution in [1.82, 2.24) is 4.90 Å². The fraction of sp³-hybridized carbons (Fsp3) is 0.526. The first-order chi connectivity index (χ1) is 14.1. The lowest BCUT2D eigenvalue weighted by molar-refractivity contribution is -0.165. The summed E-state index contributed by atoms with van der Waals surface area (Å²) in [6.07, 6.45) is -2.23. The Morgan fingerprint density at radius 2 is 1.90 bits per heavy atom. The van der Waals surface area contributed by atoms with E-state index in [4.69, 9.17) is 18.4 Å². The van der Waals surface area contributed by atoms with Gasteiger partial charge in [0.2, 0.25) is 12.9 Å². The molecular weight excluding hydrogens is 418 g/mol. The average molecular weight is 439 g/mol. The first-order valence-electron chi connectivity index (χ1n) is 9.42. The topological polar surface area (TPSA) is 126 Å². The Morgan fingerprint density at radius 1 is 1.20 bits per heavy atom. The molecule has 0 saturated carbocycles. The van der Waals surface area contributed by atoms with Crippen molar-refractivity contribution in [2.75, 3.05) is 19.6 Å². The second kappa shape index (κ2) is 7.55. The molecule has 0 aromatic heterocycles. The van der Waals surface area contributed by atoms with E-state index in [-0.39, 0.29) is 25.7 Å². The van der Waals surface area contributed by atoms with Crippen LogP contribution >= 0.6 is 0 Å². The van der Waals surface area contributed by atoms with Gasteiger partial charge in [-0.3, -0.25) is 18.6 Å². The predicted molar refractivity (Wildman–Crippen MR) is 100 cm³/mol. The number of benzene rings is 1. The number of ether oxygens (including phenoxy) is 3. The Bertz CT molecular complexity index is 1020. The van der Waals surface area contributed by atoms with Gasteiger partial charge in [-0.25, -0.2) is 0 Å². The molecule has 1 saturated heterocycles. The third-order valence-electron chi connectivity index (χ3n) is 5.33. The molecule has 1 fully saturated rings. The van der Waals surface area contributed by atoms with Gasteiger partial charge in [0, 0.05) is 32.4 Å². The number of carbonyl (C=O) groups excluding carboxylic acids is 3. The van der Waals surface area contributed by atoms with Crippen molar-refractivity contribution in [2.24, 2.45) is 0 Å². The van der Waals surface area contributed by atoms with Crippen LogP contribution in [0.3, 0.4) is 0 Å². The highest BCUT2D eigenvalue weighted by Crippen LogP contribution is 2.41. The van der Waals surface area contributed by atoms with Gasteiger partial charge in [0.05, 0.1) is 6.26 Å². The van der Waals surface area contributed by atoms with Crippen LogP contribution in [-0.4, -0.2) is 62.8 Å². The maximum Gasteiger partial charge on any atom is 0.303 e. The second-order valence-electron chi connectivity index (χ2n) is 7.54. The van der Waals surface area contributed by atoms with E-state index in [1.165, 1.54) is 4.90 Å². The largest absolute Gasteiger partial charge is 0.454 e. The number of fused-ring (bicyclic) bond motifs is 6. The molecule has 1 amide bonds. The third-order valence-corrected chi connectivity index (χ3v) is 5.93. The first kappa shape index (κ1) is 20.6. The van der Waals surface area contributed by atoms with Gasteiger partial charge >= 0.3 is 5.97 Å². The van der Waals surface area contributed by atoms with Crippen LogP contribution in [-0.2, 0) is 40.0 Å². The standard InChI is InChI=1S/C19H21NO9S/c1-10(21)28-18-17(29-30(2,24)25)7-14(22)12-3-4-20(19(18)23)8-11-5-15-16(6-13(11)12)27-9-26-15/h5-6,12,17-18H,3-4,7-9H2,1-2H3/t12-,17-,18+/m1/s1. The van der Waals surface area contributed by atoms with Crippen molar-refractivity contribution in [3.8, 4) is 11.5 Å². The normalized spacial score (nSPS) is 25.8. The molecule has 0 radical (unpaired) electrons. The average Bonchev–Trinajstić information content (AvgIpc) is 3.01. The van der Waals surface area contributed by atoms with E-state index in [0.717, 1.165) is 18.7 Å². The van der Waals surface area contributed by atoms with Crippen LogP contribution in [0.2, 0.25) is 0 Å². The Kier molecular flexibility index (Phi) is 5.18. The second-order valence-corrected chi connectivity index (χ2v) is 9.15. The Hall–Kier alpha value is -2.66. The molecule has 3 heterocycles. The molecule has 11 heteroatoms. The highest BCUT2D eigenvalue weighted by Gasteiger charge is 2.44. The molecule has 4 rings (SSSR count). The van der Waals surface area contributed by atoms with Crippen LogP contribution in [0.4, 0.5) is 0 Å². The summed E-state index contributed by atoms with van der Waals surface area (Å²) in [6.45, 7) is 1.56. The molecule has 162 valence electrons. The van der Waals surface area contributed by atoms with Crippen molar-refractivity contribution in [2.45, 2.75) is 44.4 Å². The number of amides is 1. The smallest absolute Gasteiger partial charge is 0.303 e. The van der Waals surface area contributed by atoms with Gasteiger partial charge < -0.3 is 19.1 Å². The molecule has 10 nitrogen and oxygen atoms in total. The minimum Gasteiger partial charge on any atom is -0.454 e. The number of hydrogen-bond acceptors (Lipinski definition) is 9. The zero-order valence-corrected chi connectivity index (χ0v) is 17.3. The van der Waals surface area contributed by atoms with E-state index in [1.807, 2.05) is 0 Å². The van der Waals surface area contributed by atoms with Crippen molar-refractivity contribution in [3.05, 3.63) is 23.3 Å². The molecule has 0 N–H and O–H groups in total. The summed E-state index contributed by atoms with van der Waals surface area (Å²) in [5.41, 5.74) is 1.44. The van der Waals surface area contributed by atoms with Gasteiger partial charge in [0.1, 0.15) is 11.9 Å². The van der Waals surface area contributed by atoms with E-state index in [1.54, 1.807) is 12.1 Å².